The van der Waals surface area contributed by atoms with Crippen LogP contribution in [0.2, 0.25) is 0 Å². The Morgan fingerprint density at radius 3 is 1.94 bits per heavy atom. The van der Waals surface area contributed by atoms with Gasteiger partial charge in [-0.2, -0.15) is 35.6 Å². The molecule has 0 aliphatic rings. The van der Waals surface area contributed by atoms with Crippen LogP contribution in [0.5, 0.6) is 0 Å². The number of hydrogen-bond acceptors (Lipinski definition) is 2. The Morgan fingerprint density at radius 2 is 1.75 bits per heavy atom. The molecular formula is C12H14NO2Zn-. The van der Waals surface area contributed by atoms with Crippen molar-refractivity contribution < 1.29 is 29.4 Å². The molecular weight excluding hydrogens is 256 g/mol. The molecule has 82 valence electrons. The van der Waals surface area contributed by atoms with E-state index in [1.807, 2.05) is 6.07 Å². The Kier molecular flexibility index (Phi) is 8.62. The summed E-state index contributed by atoms with van der Waals surface area (Å²) in [6.07, 6.45) is 0. The van der Waals surface area contributed by atoms with Crippen molar-refractivity contribution in [1.82, 2.24) is 0 Å². The Hall–Kier alpha value is -1.20. The molecule has 0 unspecified atom stereocenters. The monoisotopic (exact) mass is 268 g/mol. The fourth-order valence-corrected chi connectivity index (χ4v) is 0.461. The summed E-state index contributed by atoms with van der Waals surface area (Å²) >= 11 is 0. The molecule has 1 aromatic rings. The van der Waals surface area contributed by atoms with Gasteiger partial charge in [0.05, 0.1) is 11.5 Å². The van der Waals surface area contributed by atoms with Gasteiger partial charge in [-0.15, -0.1) is 0 Å². The standard InChI is InChI=1S/C7H4N.C5H10O2.Zn/c8-6-7-4-2-1-3-5-7;1-5(2,3)4(6)7;/h2-5H;1-3H3,(H,6,7);/q-1;;. The van der Waals surface area contributed by atoms with Gasteiger partial charge in [-0.3, -0.25) is 4.79 Å². The van der Waals surface area contributed by atoms with Gasteiger partial charge < -0.3 is 5.11 Å². The third-order valence-corrected chi connectivity index (χ3v) is 1.49. The van der Waals surface area contributed by atoms with Crippen LogP contribution in [0.4, 0.5) is 0 Å². The van der Waals surface area contributed by atoms with Gasteiger partial charge in [-0.05, 0) is 20.8 Å². The van der Waals surface area contributed by atoms with Crippen LogP contribution in [0, 0.1) is 22.8 Å². The molecule has 0 amide bonds. The first kappa shape index (κ1) is 17.2. The average molecular weight is 270 g/mol. The second-order valence-electron chi connectivity index (χ2n) is 3.96. The van der Waals surface area contributed by atoms with Crippen molar-refractivity contribution in [2.75, 3.05) is 0 Å². The summed E-state index contributed by atoms with van der Waals surface area (Å²) in [5, 5.41) is 16.5. The van der Waals surface area contributed by atoms with Crippen molar-refractivity contribution >= 4 is 5.97 Å². The molecule has 0 spiro atoms. The maximum absolute atomic E-state index is 10.0. The molecule has 0 saturated carbocycles. The minimum absolute atomic E-state index is 0. The largest absolute Gasteiger partial charge is 0.481 e. The van der Waals surface area contributed by atoms with Crippen LogP contribution in [-0.2, 0) is 24.3 Å². The van der Waals surface area contributed by atoms with E-state index in [1.165, 1.54) is 0 Å². The van der Waals surface area contributed by atoms with Crippen LogP contribution in [0.3, 0.4) is 0 Å². The van der Waals surface area contributed by atoms with Crippen LogP contribution in [0.25, 0.3) is 0 Å². The van der Waals surface area contributed by atoms with E-state index in [0.29, 0.717) is 5.56 Å². The minimum Gasteiger partial charge on any atom is -0.481 e. The van der Waals surface area contributed by atoms with Gasteiger partial charge in [-0.1, -0.05) is 5.56 Å². The van der Waals surface area contributed by atoms with Gasteiger partial charge >= 0.3 is 5.97 Å². The quantitative estimate of drug-likeness (QED) is 0.581. The smallest absolute Gasteiger partial charge is 0.308 e. The van der Waals surface area contributed by atoms with E-state index in [4.69, 9.17) is 10.4 Å². The summed E-state index contributed by atoms with van der Waals surface area (Å²) in [4.78, 5) is 10.0. The molecule has 0 aromatic heterocycles. The number of carboxylic acids is 1. The first-order chi connectivity index (χ1) is 6.88. The first-order valence-electron chi connectivity index (χ1n) is 4.47. The van der Waals surface area contributed by atoms with E-state index >= 15 is 0 Å². The predicted molar refractivity (Wildman–Crippen MR) is 57.1 cm³/mol. The number of nitriles is 1. The zero-order valence-electron chi connectivity index (χ0n) is 9.82. The fraction of sp³-hybridized carbons (Fsp3) is 0.333. The molecule has 0 radical (unpaired) electrons. The molecule has 16 heavy (non-hydrogen) atoms. The van der Waals surface area contributed by atoms with E-state index < -0.39 is 11.4 Å². The minimum atomic E-state index is -0.757. The van der Waals surface area contributed by atoms with Gasteiger partial charge in [0.2, 0.25) is 0 Å². The van der Waals surface area contributed by atoms with Crippen LogP contribution in [0.1, 0.15) is 26.3 Å². The summed E-state index contributed by atoms with van der Waals surface area (Å²) in [5.41, 5.74) is 0.101. The second-order valence-corrected chi connectivity index (χ2v) is 3.96. The van der Waals surface area contributed by atoms with Crippen molar-refractivity contribution in [2.45, 2.75) is 20.8 Å². The van der Waals surface area contributed by atoms with Gasteiger partial charge in [0.1, 0.15) is 0 Å². The van der Waals surface area contributed by atoms with Crippen LogP contribution >= 0.6 is 0 Å². The molecule has 1 N–H and O–H groups in total. The molecule has 0 atom stereocenters. The molecule has 4 heteroatoms. The number of carboxylic acid groups (broad SMARTS) is 1. The molecule has 0 aliphatic carbocycles. The summed E-state index contributed by atoms with van der Waals surface area (Å²) in [6.45, 7) is 4.99. The molecule has 0 saturated heterocycles. The van der Waals surface area contributed by atoms with Crippen molar-refractivity contribution in [3.63, 3.8) is 0 Å². The Labute approximate surface area is 109 Å². The molecule has 0 bridgehead atoms. The topological polar surface area (TPSA) is 61.1 Å². The number of benzene rings is 1. The van der Waals surface area contributed by atoms with E-state index in [9.17, 15) is 4.79 Å². The molecule has 0 fully saturated rings. The molecule has 1 rings (SSSR count). The second kappa shape index (κ2) is 8.01. The molecule has 0 aliphatic heterocycles. The van der Waals surface area contributed by atoms with Crippen LogP contribution in [-0.4, -0.2) is 11.1 Å². The number of nitrogens with zero attached hydrogens (tertiary/aromatic N) is 1. The van der Waals surface area contributed by atoms with Gasteiger partial charge in [0.25, 0.3) is 0 Å². The van der Waals surface area contributed by atoms with Crippen molar-refractivity contribution in [3.8, 4) is 6.07 Å². The Bertz CT molecular complexity index is 350. The molecule has 1 aromatic carbocycles. The zero-order chi connectivity index (χ0) is 11.9. The third-order valence-electron chi connectivity index (χ3n) is 1.49. The summed E-state index contributed by atoms with van der Waals surface area (Å²) in [5.74, 6) is -0.757. The fourth-order valence-electron chi connectivity index (χ4n) is 0.461. The summed E-state index contributed by atoms with van der Waals surface area (Å²) < 4.78 is 0. The van der Waals surface area contributed by atoms with E-state index in [2.05, 4.69) is 6.07 Å². The SMILES string of the molecule is CC(C)(C)C(=O)O.N#Cc1cc[c-]cc1.[Zn]. The van der Waals surface area contributed by atoms with Crippen molar-refractivity contribution in [3.05, 3.63) is 35.9 Å². The Balaban J connectivity index is 0. The summed E-state index contributed by atoms with van der Waals surface area (Å²) in [6, 6.07) is 11.7. The van der Waals surface area contributed by atoms with Gasteiger partial charge in [0, 0.05) is 19.5 Å². The number of aliphatic carboxylic acids is 1. The van der Waals surface area contributed by atoms with E-state index in [0.717, 1.165) is 0 Å². The number of hydrogen-bond donors (Lipinski definition) is 1. The van der Waals surface area contributed by atoms with Crippen LogP contribution in [0.15, 0.2) is 24.3 Å². The normalized spacial score (nSPS) is 8.88. The zero-order valence-corrected chi connectivity index (χ0v) is 12.8. The predicted octanol–water partition coefficient (Wildman–Crippen LogP) is 2.47. The molecule has 0 heterocycles. The van der Waals surface area contributed by atoms with E-state index in [-0.39, 0.29) is 19.5 Å². The van der Waals surface area contributed by atoms with Gasteiger partial charge in [-0.25, -0.2) is 0 Å². The summed E-state index contributed by atoms with van der Waals surface area (Å²) in [7, 11) is 0. The first-order valence-corrected chi connectivity index (χ1v) is 4.47. The Morgan fingerprint density at radius 1 is 1.38 bits per heavy atom. The van der Waals surface area contributed by atoms with Crippen molar-refractivity contribution in [2.24, 2.45) is 5.41 Å². The number of carbonyl (C=O) groups is 1. The average Bonchev–Trinajstić information content (AvgIpc) is 2.18. The third kappa shape index (κ3) is 8.14. The molecule has 3 nitrogen and oxygen atoms in total. The van der Waals surface area contributed by atoms with Crippen LogP contribution < -0.4 is 0 Å². The number of rotatable bonds is 0. The van der Waals surface area contributed by atoms with Gasteiger partial charge in [0.15, 0.2) is 0 Å². The van der Waals surface area contributed by atoms with E-state index in [1.54, 1.807) is 45.0 Å². The maximum Gasteiger partial charge on any atom is 0.308 e. The maximum atomic E-state index is 10.0. The van der Waals surface area contributed by atoms with Crippen molar-refractivity contribution in [1.29, 1.82) is 5.26 Å².